The molecule has 0 spiro atoms. The van der Waals surface area contributed by atoms with Crippen LogP contribution in [0.5, 0.6) is 0 Å². The molecular weight excluding hydrogens is 491 g/mol. The molecule has 0 radical (unpaired) electrons. The summed E-state index contributed by atoms with van der Waals surface area (Å²) in [5.41, 5.74) is 1.17. The van der Waals surface area contributed by atoms with Crippen LogP contribution in [0.4, 0.5) is 0 Å². The van der Waals surface area contributed by atoms with E-state index in [2.05, 4.69) is 34.7 Å². The maximum atomic E-state index is 11.8. The fourth-order valence-electron chi connectivity index (χ4n) is 3.17. The lowest BCUT2D eigenvalue weighted by Gasteiger charge is -2.23. The van der Waals surface area contributed by atoms with Gasteiger partial charge in [-0.05, 0) is 24.3 Å². The highest BCUT2D eigenvalue weighted by molar-refractivity contribution is 14.0. The molecule has 0 bridgehead atoms. The van der Waals surface area contributed by atoms with Crippen molar-refractivity contribution in [1.29, 1.82) is 0 Å². The van der Waals surface area contributed by atoms with Gasteiger partial charge in [0.25, 0.3) is 0 Å². The number of hydrogen-bond donors (Lipinski definition) is 2. The number of aliphatic imine (C=N–C) groups is 1. The van der Waals surface area contributed by atoms with Crippen LogP contribution in [-0.2, 0) is 21.4 Å². The summed E-state index contributed by atoms with van der Waals surface area (Å²) in [6, 6.07) is 10.1. The normalized spacial score (nSPS) is 19.1. The number of nitrogens with zero attached hydrogens (tertiary/aromatic N) is 2. The Labute approximate surface area is 186 Å². The average Bonchev–Trinajstić information content (AvgIpc) is 3.12. The van der Waals surface area contributed by atoms with E-state index in [9.17, 15) is 8.42 Å². The number of guanidine groups is 1. The third-order valence-corrected chi connectivity index (χ3v) is 5.94. The Bertz CT molecular complexity index is 700. The molecular formula is C19H33IN4O3S. The lowest BCUT2D eigenvalue weighted by atomic mass is 10.2. The standard InChI is InChI=1S/C19H32N4O3S.HI/c1-16(14-26-15-17-8-5-4-6-9-17)12-21-19(20-2)22-13-18-10-7-11-23(18)27(3,24)25;/h4-6,8-9,16,18H,7,10-15H2,1-3H3,(H2,20,21,22);1H/t16?,18-;/m1./s1. The molecule has 0 aliphatic carbocycles. The molecule has 1 saturated heterocycles. The van der Waals surface area contributed by atoms with E-state index in [0.29, 0.717) is 38.2 Å². The van der Waals surface area contributed by atoms with Crippen molar-refractivity contribution >= 4 is 40.0 Å². The SMILES string of the molecule is CN=C(NCC(C)COCc1ccccc1)NC[C@H]1CCCN1S(C)(=O)=O.I. The first kappa shape index (κ1) is 25.1. The van der Waals surface area contributed by atoms with Crippen molar-refractivity contribution in [1.82, 2.24) is 14.9 Å². The van der Waals surface area contributed by atoms with Crippen LogP contribution < -0.4 is 10.6 Å². The number of hydrogen-bond acceptors (Lipinski definition) is 4. The summed E-state index contributed by atoms with van der Waals surface area (Å²) < 4.78 is 31.0. The molecule has 1 fully saturated rings. The van der Waals surface area contributed by atoms with Gasteiger partial charge >= 0.3 is 0 Å². The number of nitrogens with one attached hydrogen (secondary N) is 2. The van der Waals surface area contributed by atoms with Gasteiger partial charge in [0.2, 0.25) is 10.0 Å². The van der Waals surface area contributed by atoms with Crippen LogP contribution in [0.15, 0.2) is 35.3 Å². The molecule has 1 aromatic rings. The Balaban J connectivity index is 0.00000392. The van der Waals surface area contributed by atoms with Crippen LogP contribution in [0.2, 0.25) is 0 Å². The van der Waals surface area contributed by atoms with E-state index in [0.717, 1.165) is 19.4 Å². The van der Waals surface area contributed by atoms with Gasteiger partial charge in [-0.25, -0.2) is 8.42 Å². The van der Waals surface area contributed by atoms with E-state index in [1.165, 1.54) is 11.8 Å². The minimum absolute atomic E-state index is 0. The van der Waals surface area contributed by atoms with Crippen molar-refractivity contribution in [3.63, 3.8) is 0 Å². The topological polar surface area (TPSA) is 83.0 Å². The predicted molar refractivity (Wildman–Crippen MR) is 125 cm³/mol. The van der Waals surface area contributed by atoms with E-state index in [1.54, 1.807) is 11.4 Å². The zero-order valence-electron chi connectivity index (χ0n) is 16.9. The van der Waals surface area contributed by atoms with Crippen molar-refractivity contribution in [2.75, 3.05) is 39.5 Å². The smallest absolute Gasteiger partial charge is 0.211 e. The van der Waals surface area contributed by atoms with Crippen molar-refractivity contribution in [2.24, 2.45) is 10.9 Å². The second-order valence-electron chi connectivity index (χ2n) is 7.11. The molecule has 1 aromatic carbocycles. The van der Waals surface area contributed by atoms with Crippen LogP contribution in [0.3, 0.4) is 0 Å². The minimum atomic E-state index is -3.15. The van der Waals surface area contributed by atoms with Crippen molar-refractivity contribution in [2.45, 2.75) is 32.4 Å². The fraction of sp³-hybridized carbons (Fsp3) is 0.632. The maximum Gasteiger partial charge on any atom is 0.211 e. The monoisotopic (exact) mass is 524 g/mol. The van der Waals surface area contributed by atoms with Gasteiger partial charge in [0.05, 0.1) is 19.5 Å². The summed E-state index contributed by atoms with van der Waals surface area (Å²) in [5.74, 6) is 1.01. The summed E-state index contributed by atoms with van der Waals surface area (Å²) in [6.07, 6.45) is 3.05. The quantitative estimate of drug-likeness (QED) is 0.294. The Morgan fingerprint density at radius 2 is 2.04 bits per heavy atom. The molecule has 1 heterocycles. The molecule has 2 rings (SSSR count). The van der Waals surface area contributed by atoms with Crippen LogP contribution in [0, 0.1) is 5.92 Å². The molecule has 160 valence electrons. The summed E-state index contributed by atoms with van der Waals surface area (Å²) in [6.45, 7) is 5.28. The Morgan fingerprint density at radius 1 is 1.32 bits per heavy atom. The number of benzene rings is 1. The van der Waals surface area contributed by atoms with Crippen LogP contribution in [0.25, 0.3) is 0 Å². The first-order valence-electron chi connectivity index (χ1n) is 9.43. The highest BCUT2D eigenvalue weighted by Crippen LogP contribution is 2.19. The number of sulfonamides is 1. The Morgan fingerprint density at radius 3 is 2.68 bits per heavy atom. The van der Waals surface area contributed by atoms with Crippen molar-refractivity contribution in [3.8, 4) is 0 Å². The van der Waals surface area contributed by atoms with Gasteiger partial charge in [0.1, 0.15) is 0 Å². The minimum Gasteiger partial charge on any atom is -0.376 e. The third-order valence-electron chi connectivity index (χ3n) is 4.61. The highest BCUT2D eigenvalue weighted by atomic mass is 127. The fourth-order valence-corrected chi connectivity index (χ4v) is 4.35. The average molecular weight is 524 g/mol. The maximum absolute atomic E-state index is 11.8. The zero-order valence-corrected chi connectivity index (χ0v) is 20.1. The summed E-state index contributed by atoms with van der Waals surface area (Å²) in [4.78, 5) is 4.22. The second-order valence-corrected chi connectivity index (χ2v) is 9.04. The lowest BCUT2D eigenvalue weighted by Crippen LogP contribution is -2.47. The molecule has 28 heavy (non-hydrogen) atoms. The van der Waals surface area contributed by atoms with Gasteiger partial charge in [-0.15, -0.1) is 24.0 Å². The molecule has 1 aliphatic heterocycles. The van der Waals surface area contributed by atoms with E-state index in [1.807, 2.05) is 18.2 Å². The molecule has 0 amide bonds. The molecule has 2 N–H and O–H groups in total. The lowest BCUT2D eigenvalue weighted by molar-refractivity contribution is 0.0931. The highest BCUT2D eigenvalue weighted by Gasteiger charge is 2.31. The molecule has 0 aromatic heterocycles. The number of ether oxygens (including phenoxy) is 1. The van der Waals surface area contributed by atoms with Gasteiger partial charge in [0, 0.05) is 32.7 Å². The summed E-state index contributed by atoms with van der Waals surface area (Å²) in [7, 11) is -1.43. The zero-order chi connectivity index (χ0) is 19.7. The first-order valence-corrected chi connectivity index (χ1v) is 11.3. The van der Waals surface area contributed by atoms with Gasteiger partial charge in [0.15, 0.2) is 5.96 Å². The first-order chi connectivity index (χ1) is 12.9. The molecule has 7 nitrogen and oxygen atoms in total. The van der Waals surface area contributed by atoms with Crippen LogP contribution in [-0.4, -0.2) is 64.3 Å². The number of halogens is 1. The molecule has 2 atom stereocenters. The summed E-state index contributed by atoms with van der Waals surface area (Å²) in [5, 5.41) is 6.53. The summed E-state index contributed by atoms with van der Waals surface area (Å²) >= 11 is 0. The molecule has 0 saturated carbocycles. The van der Waals surface area contributed by atoms with Crippen molar-refractivity contribution < 1.29 is 13.2 Å². The van der Waals surface area contributed by atoms with Gasteiger partial charge in [-0.3, -0.25) is 4.99 Å². The molecule has 1 unspecified atom stereocenters. The largest absolute Gasteiger partial charge is 0.376 e. The van der Waals surface area contributed by atoms with Gasteiger partial charge < -0.3 is 15.4 Å². The van der Waals surface area contributed by atoms with Crippen LogP contribution >= 0.6 is 24.0 Å². The van der Waals surface area contributed by atoms with Crippen LogP contribution in [0.1, 0.15) is 25.3 Å². The van der Waals surface area contributed by atoms with E-state index in [4.69, 9.17) is 4.74 Å². The van der Waals surface area contributed by atoms with Crippen molar-refractivity contribution in [3.05, 3.63) is 35.9 Å². The van der Waals surface area contributed by atoms with Gasteiger partial charge in [-0.2, -0.15) is 4.31 Å². The Kier molecular flexibility index (Phi) is 11.3. The molecule has 1 aliphatic rings. The Hall–Kier alpha value is -0.910. The molecule has 9 heteroatoms. The van der Waals surface area contributed by atoms with E-state index >= 15 is 0 Å². The third kappa shape index (κ3) is 8.62. The second kappa shape index (κ2) is 12.6. The van der Waals surface area contributed by atoms with E-state index < -0.39 is 10.0 Å². The predicted octanol–water partition coefficient (Wildman–Crippen LogP) is 2.05. The van der Waals surface area contributed by atoms with Gasteiger partial charge in [-0.1, -0.05) is 37.3 Å². The number of rotatable bonds is 9. The van der Waals surface area contributed by atoms with E-state index in [-0.39, 0.29) is 30.0 Å².